The van der Waals surface area contributed by atoms with Gasteiger partial charge in [0.25, 0.3) is 0 Å². The number of guanidine groups is 1. The van der Waals surface area contributed by atoms with Gasteiger partial charge in [-0.25, -0.2) is 4.99 Å². The third kappa shape index (κ3) is 2.16. The Kier molecular flexibility index (Phi) is 2.40. The highest BCUT2D eigenvalue weighted by atomic mass is 16.2. The van der Waals surface area contributed by atoms with Crippen LogP contribution < -0.4 is 10.6 Å². The van der Waals surface area contributed by atoms with Crippen molar-refractivity contribution in [2.45, 2.75) is 6.54 Å². The smallest absolute Gasteiger partial charge is 0.288 e. The van der Waals surface area contributed by atoms with Crippen molar-refractivity contribution in [3.05, 3.63) is 30.1 Å². The summed E-state index contributed by atoms with van der Waals surface area (Å²) in [5.41, 5.74) is 0.952. The highest BCUT2D eigenvalue weighted by molar-refractivity contribution is 6.45. The fourth-order valence-corrected chi connectivity index (χ4v) is 1.10. The Bertz CT molecular complexity index is 409. The predicted octanol–water partition coefficient (Wildman–Crippen LogP) is -0.816. The minimum absolute atomic E-state index is 0.196. The molecular formula is C9H8N4O2. The van der Waals surface area contributed by atoms with Crippen molar-refractivity contribution in [3.63, 3.8) is 0 Å². The molecule has 1 aromatic rings. The van der Waals surface area contributed by atoms with Gasteiger partial charge in [-0.1, -0.05) is 0 Å². The molecule has 0 spiro atoms. The largest absolute Gasteiger partial charge is 0.316 e. The Hall–Kier alpha value is -2.24. The standard InChI is InChI=1S/C9H8N4O2/c14-7-8(15)13-9(12-7)11-5-6-1-3-10-4-2-6/h1-4H,5H2,(H2,11,12,13,14,15). The lowest BCUT2D eigenvalue weighted by atomic mass is 10.3. The van der Waals surface area contributed by atoms with Crippen molar-refractivity contribution in [1.82, 2.24) is 15.6 Å². The number of carbonyl (C=O) groups is 2. The number of pyridine rings is 1. The summed E-state index contributed by atoms with van der Waals surface area (Å²) >= 11 is 0. The zero-order valence-corrected chi connectivity index (χ0v) is 7.73. The number of aromatic nitrogens is 1. The summed E-state index contributed by atoms with van der Waals surface area (Å²) in [4.78, 5) is 29.4. The van der Waals surface area contributed by atoms with Gasteiger partial charge in [0.1, 0.15) is 0 Å². The molecule has 1 fully saturated rings. The second-order valence-corrected chi connectivity index (χ2v) is 2.93. The van der Waals surface area contributed by atoms with Gasteiger partial charge in [0, 0.05) is 12.4 Å². The zero-order chi connectivity index (χ0) is 10.7. The Morgan fingerprint density at radius 2 is 1.73 bits per heavy atom. The maximum Gasteiger partial charge on any atom is 0.316 e. The van der Waals surface area contributed by atoms with Crippen molar-refractivity contribution >= 4 is 17.8 Å². The minimum atomic E-state index is -0.677. The summed E-state index contributed by atoms with van der Waals surface area (Å²) < 4.78 is 0. The van der Waals surface area contributed by atoms with Gasteiger partial charge in [-0.3, -0.25) is 25.2 Å². The molecule has 0 radical (unpaired) electrons. The lowest BCUT2D eigenvalue weighted by Crippen LogP contribution is -2.25. The first-order valence-electron chi connectivity index (χ1n) is 4.31. The molecule has 0 unspecified atom stereocenters. The van der Waals surface area contributed by atoms with Gasteiger partial charge >= 0.3 is 11.8 Å². The number of amides is 2. The molecule has 6 heteroatoms. The average molecular weight is 204 g/mol. The first-order chi connectivity index (χ1) is 7.25. The number of nitrogens with zero attached hydrogens (tertiary/aromatic N) is 2. The van der Waals surface area contributed by atoms with E-state index in [2.05, 4.69) is 20.6 Å². The van der Waals surface area contributed by atoms with E-state index in [0.717, 1.165) is 5.56 Å². The molecule has 1 aliphatic rings. The van der Waals surface area contributed by atoms with Gasteiger partial charge in [-0.15, -0.1) is 0 Å². The number of nitrogens with one attached hydrogen (secondary N) is 2. The van der Waals surface area contributed by atoms with E-state index in [1.165, 1.54) is 0 Å². The second kappa shape index (κ2) is 3.87. The molecule has 1 aliphatic heterocycles. The van der Waals surface area contributed by atoms with Crippen molar-refractivity contribution in [2.75, 3.05) is 0 Å². The molecule has 6 nitrogen and oxygen atoms in total. The van der Waals surface area contributed by atoms with Gasteiger partial charge in [0.05, 0.1) is 6.54 Å². The summed E-state index contributed by atoms with van der Waals surface area (Å²) in [6.45, 7) is 0.387. The van der Waals surface area contributed by atoms with Crippen LogP contribution in [0.4, 0.5) is 0 Å². The van der Waals surface area contributed by atoms with Crippen LogP contribution >= 0.6 is 0 Å². The first kappa shape index (κ1) is 9.32. The number of rotatable bonds is 2. The van der Waals surface area contributed by atoms with E-state index < -0.39 is 11.8 Å². The quantitative estimate of drug-likeness (QED) is 0.617. The van der Waals surface area contributed by atoms with Gasteiger partial charge in [-0.05, 0) is 17.7 Å². The van der Waals surface area contributed by atoms with Crippen LogP contribution in [-0.4, -0.2) is 22.8 Å². The van der Waals surface area contributed by atoms with Gasteiger partial charge in [-0.2, -0.15) is 0 Å². The van der Waals surface area contributed by atoms with E-state index in [1.54, 1.807) is 12.4 Å². The molecule has 0 aromatic carbocycles. The van der Waals surface area contributed by atoms with Gasteiger partial charge in [0.2, 0.25) is 5.96 Å². The van der Waals surface area contributed by atoms with Crippen molar-refractivity contribution in [1.29, 1.82) is 0 Å². The normalized spacial score (nSPS) is 14.8. The van der Waals surface area contributed by atoms with Crippen molar-refractivity contribution < 1.29 is 9.59 Å². The fourth-order valence-electron chi connectivity index (χ4n) is 1.10. The number of hydrogen-bond acceptors (Lipinski definition) is 4. The first-order valence-corrected chi connectivity index (χ1v) is 4.31. The Balaban J connectivity index is 2.02. The zero-order valence-electron chi connectivity index (χ0n) is 7.73. The molecular weight excluding hydrogens is 196 g/mol. The summed E-state index contributed by atoms with van der Waals surface area (Å²) in [6, 6.07) is 3.62. The van der Waals surface area contributed by atoms with Crippen LogP contribution in [0.1, 0.15) is 5.56 Å². The van der Waals surface area contributed by atoms with E-state index in [-0.39, 0.29) is 5.96 Å². The summed E-state index contributed by atoms with van der Waals surface area (Å²) in [6.07, 6.45) is 3.31. The van der Waals surface area contributed by atoms with Crippen LogP contribution in [0.25, 0.3) is 0 Å². The Morgan fingerprint density at radius 1 is 1.13 bits per heavy atom. The SMILES string of the molecule is O=C1NC(=NCc2ccncc2)NC1=O. The maximum atomic E-state index is 10.8. The molecule has 0 atom stereocenters. The molecule has 0 aliphatic carbocycles. The maximum absolute atomic E-state index is 10.8. The van der Waals surface area contributed by atoms with Crippen molar-refractivity contribution in [2.24, 2.45) is 4.99 Å². The lowest BCUT2D eigenvalue weighted by Gasteiger charge is -1.97. The molecule has 2 amide bonds. The van der Waals surface area contributed by atoms with E-state index in [4.69, 9.17) is 0 Å². The highest BCUT2D eigenvalue weighted by Crippen LogP contribution is 1.98. The van der Waals surface area contributed by atoms with Crippen LogP contribution in [0, 0.1) is 0 Å². The average Bonchev–Trinajstić information content (AvgIpc) is 2.57. The molecule has 2 heterocycles. The van der Waals surface area contributed by atoms with Crippen molar-refractivity contribution in [3.8, 4) is 0 Å². The summed E-state index contributed by atoms with van der Waals surface area (Å²) in [5, 5.41) is 4.62. The van der Waals surface area contributed by atoms with E-state index in [9.17, 15) is 9.59 Å². The molecule has 15 heavy (non-hydrogen) atoms. The number of aliphatic imine (C=N–C) groups is 1. The minimum Gasteiger partial charge on any atom is -0.288 e. The molecule has 0 bridgehead atoms. The van der Waals surface area contributed by atoms with Crippen LogP contribution in [-0.2, 0) is 16.1 Å². The highest BCUT2D eigenvalue weighted by Gasteiger charge is 2.24. The topological polar surface area (TPSA) is 83.4 Å². The third-order valence-electron chi connectivity index (χ3n) is 1.84. The molecule has 76 valence electrons. The second-order valence-electron chi connectivity index (χ2n) is 2.93. The molecule has 0 saturated carbocycles. The van der Waals surface area contributed by atoms with Crippen LogP contribution in [0.3, 0.4) is 0 Å². The van der Waals surface area contributed by atoms with Gasteiger partial charge in [0.15, 0.2) is 0 Å². The lowest BCUT2D eigenvalue weighted by molar-refractivity contribution is -0.135. The number of hydrogen-bond donors (Lipinski definition) is 2. The molecule has 2 rings (SSSR count). The molecule has 1 saturated heterocycles. The Morgan fingerprint density at radius 3 is 2.33 bits per heavy atom. The van der Waals surface area contributed by atoms with E-state index in [1.807, 2.05) is 12.1 Å². The summed E-state index contributed by atoms with van der Waals surface area (Å²) in [5.74, 6) is -1.16. The monoisotopic (exact) mass is 204 g/mol. The van der Waals surface area contributed by atoms with E-state index in [0.29, 0.717) is 6.54 Å². The number of carbonyl (C=O) groups excluding carboxylic acids is 2. The molecule has 1 aromatic heterocycles. The third-order valence-corrected chi connectivity index (χ3v) is 1.84. The van der Waals surface area contributed by atoms with E-state index >= 15 is 0 Å². The summed E-state index contributed by atoms with van der Waals surface area (Å²) in [7, 11) is 0. The van der Waals surface area contributed by atoms with Crippen LogP contribution in [0.5, 0.6) is 0 Å². The van der Waals surface area contributed by atoms with Crippen LogP contribution in [0.15, 0.2) is 29.5 Å². The molecule has 2 N–H and O–H groups in total. The predicted molar refractivity (Wildman–Crippen MR) is 51.7 cm³/mol. The Labute approximate surface area is 85.4 Å². The van der Waals surface area contributed by atoms with Crippen LogP contribution in [0.2, 0.25) is 0 Å². The fraction of sp³-hybridized carbons (Fsp3) is 0.111. The van der Waals surface area contributed by atoms with Gasteiger partial charge < -0.3 is 0 Å².